The zero-order valence-corrected chi connectivity index (χ0v) is 16.7. The summed E-state index contributed by atoms with van der Waals surface area (Å²) in [6.45, 7) is 5.70. The lowest BCUT2D eigenvalue weighted by Crippen LogP contribution is -2.45. The molecule has 4 rings (SSSR count). The molecule has 0 unspecified atom stereocenters. The minimum atomic E-state index is -0.133. The Morgan fingerprint density at radius 1 is 1.29 bits per heavy atom. The van der Waals surface area contributed by atoms with Crippen molar-refractivity contribution in [2.24, 2.45) is 17.1 Å². The van der Waals surface area contributed by atoms with Gasteiger partial charge in [0.25, 0.3) is 0 Å². The number of hydrogen-bond acceptors (Lipinski definition) is 5. The van der Waals surface area contributed by atoms with Crippen LogP contribution < -0.4 is 10.6 Å². The predicted molar refractivity (Wildman–Crippen MR) is 111 cm³/mol. The van der Waals surface area contributed by atoms with Crippen molar-refractivity contribution in [3.8, 4) is 11.8 Å². The molecule has 0 saturated carbocycles. The van der Waals surface area contributed by atoms with Gasteiger partial charge in [-0.15, -0.1) is 0 Å². The summed E-state index contributed by atoms with van der Waals surface area (Å²) in [6, 6.07) is 8.67. The van der Waals surface area contributed by atoms with Crippen molar-refractivity contribution in [2.45, 2.75) is 45.8 Å². The molecule has 2 aromatic rings. The smallest absolute Gasteiger partial charge is 0.152 e. The van der Waals surface area contributed by atoms with Crippen LogP contribution in [0.2, 0.25) is 0 Å². The van der Waals surface area contributed by atoms with E-state index in [1.807, 2.05) is 13.8 Å². The number of aromatic nitrogens is 2. The van der Waals surface area contributed by atoms with E-state index in [1.54, 1.807) is 6.20 Å². The van der Waals surface area contributed by atoms with Crippen molar-refractivity contribution in [2.75, 3.05) is 18.0 Å². The molecule has 1 fully saturated rings. The van der Waals surface area contributed by atoms with Crippen molar-refractivity contribution < 1.29 is 5.11 Å². The molecular weight excluding hydrogens is 348 g/mol. The maximum atomic E-state index is 9.82. The third-order valence-electron chi connectivity index (χ3n) is 6.11. The SMILES string of the molecule is CC(C)C#Cc1cnc(N2CCC3(CC2)Cc2ccccc2[C@H]3N)c(CO)n1. The minimum Gasteiger partial charge on any atom is -0.390 e. The Labute approximate surface area is 167 Å². The van der Waals surface area contributed by atoms with Gasteiger partial charge in [0.05, 0.1) is 12.8 Å². The van der Waals surface area contributed by atoms with Crippen LogP contribution in [-0.4, -0.2) is 28.2 Å². The highest BCUT2D eigenvalue weighted by Gasteiger charge is 2.46. The van der Waals surface area contributed by atoms with Gasteiger partial charge in [-0.1, -0.05) is 44.0 Å². The van der Waals surface area contributed by atoms with Crippen LogP contribution in [0.3, 0.4) is 0 Å². The number of aliphatic hydroxyl groups excluding tert-OH is 1. The van der Waals surface area contributed by atoms with Gasteiger partial charge in [0.2, 0.25) is 0 Å². The molecule has 1 aromatic heterocycles. The van der Waals surface area contributed by atoms with E-state index in [9.17, 15) is 5.11 Å². The van der Waals surface area contributed by atoms with E-state index in [4.69, 9.17) is 5.73 Å². The van der Waals surface area contributed by atoms with E-state index in [0.29, 0.717) is 11.4 Å². The number of rotatable bonds is 2. The summed E-state index contributed by atoms with van der Waals surface area (Å²) >= 11 is 0. The second kappa shape index (κ2) is 7.54. The Bertz CT molecular complexity index is 920. The summed E-state index contributed by atoms with van der Waals surface area (Å²) in [5, 5.41) is 9.82. The van der Waals surface area contributed by atoms with Gasteiger partial charge < -0.3 is 15.7 Å². The molecule has 28 heavy (non-hydrogen) atoms. The lowest BCUT2D eigenvalue weighted by Gasteiger charge is -2.42. The van der Waals surface area contributed by atoms with Gasteiger partial charge in [0.1, 0.15) is 11.4 Å². The zero-order valence-electron chi connectivity index (χ0n) is 16.7. The van der Waals surface area contributed by atoms with Crippen LogP contribution in [-0.2, 0) is 13.0 Å². The van der Waals surface area contributed by atoms with E-state index in [-0.39, 0.29) is 24.0 Å². The summed E-state index contributed by atoms with van der Waals surface area (Å²) in [6.07, 6.45) is 4.81. The number of benzene rings is 1. The number of anilines is 1. The molecule has 1 spiro atoms. The summed E-state index contributed by atoms with van der Waals surface area (Å²) in [5.74, 6) is 7.18. The summed E-state index contributed by atoms with van der Waals surface area (Å²) in [7, 11) is 0. The molecule has 2 aliphatic rings. The van der Waals surface area contributed by atoms with E-state index in [1.165, 1.54) is 11.1 Å². The molecule has 0 bridgehead atoms. The van der Waals surface area contributed by atoms with Gasteiger partial charge in [-0.3, -0.25) is 0 Å². The van der Waals surface area contributed by atoms with Crippen LogP contribution >= 0.6 is 0 Å². The maximum absolute atomic E-state index is 9.82. The molecule has 3 N–H and O–H groups in total. The first-order valence-corrected chi connectivity index (χ1v) is 10.1. The van der Waals surface area contributed by atoms with Crippen LogP contribution in [0, 0.1) is 23.2 Å². The predicted octanol–water partition coefficient (Wildman–Crippen LogP) is 2.82. The summed E-state index contributed by atoms with van der Waals surface area (Å²) < 4.78 is 0. The lowest BCUT2D eigenvalue weighted by molar-refractivity contribution is 0.186. The van der Waals surface area contributed by atoms with Crippen molar-refractivity contribution >= 4 is 5.82 Å². The summed E-state index contributed by atoms with van der Waals surface area (Å²) in [4.78, 5) is 11.4. The average Bonchev–Trinajstić information content (AvgIpc) is 2.98. The Hall–Kier alpha value is -2.42. The monoisotopic (exact) mass is 376 g/mol. The van der Waals surface area contributed by atoms with Crippen LogP contribution in [0.1, 0.15) is 55.2 Å². The first-order valence-electron chi connectivity index (χ1n) is 10.1. The summed E-state index contributed by atoms with van der Waals surface area (Å²) in [5.41, 5.74) is 10.7. The minimum absolute atomic E-state index is 0.0999. The van der Waals surface area contributed by atoms with E-state index < -0.39 is 0 Å². The van der Waals surface area contributed by atoms with E-state index in [2.05, 4.69) is 51.0 Å². The highest BCUT2D eigenvalue weighted by molar-refractivity contribution is 5.47. The lowest BCUT2D eigenvalue weighted by atomic mass is 9.73. The van der Waals surface area contributed by atoms with Crippen molar-refractivity contribution in [1.29, 1.82) is 0 Å². The van der Waals surface area contributed by atoms with Gasteiger partial charge in [-0.05, 0) is 41.7 Å². The fourth-order valence-electron chi connectivity index (χ4n) is 4.54. The number of aliphatic hydroxyl groups is 1. The molecule has 0 amide bonds. The first-order chi connectivity index (χ1) is 13.5. The Morgan fingerprint density at radius 3 is 2.71 bits per heavy atom. The fourth-order valence-corrected chi connectivity index (χ4v) is 4.54. The number of nitrogens with zero attached hydrogens (tertiary/aromatic N) is 3. The molecule has 1 saturated heterocycles. The van der Waals surface area contributed by atoms with Gasteiger partial charge in [0.15, 0.2) is 5.82 Å². The van der Waals surface area contributed by atoms with Crippen molar-refractivity contribution in [3.05, 3.63) is 53.0 Å². The second-order valence-electron chi connectivity index (χ2n) is 8.31. The largest absolute Gasteiger partial charge is 0.390 e. The molecule has 5 heteroatoms. The maximum Gasteiger partial charge on any atom is 0.152 e. The third kappa shape index (κ3) is 3.39. The van der Waals surface area contributed by atoms with E-state index in [0.717, 1.165) is 38.2 Å². The van der Waals surface area contributed by atoms with Gasteiger partial charge in [-0.2, -0.15) is 0 Å². The topological polar surface area (TPSA) is 75.3 Å². The molecule has 2 heterocycles. The molecule has 1 aliphatic carbocycles. The third-order valence-corrected chi connectivity index (χ3v) is 6.11. The quantitative estimate of drug-likeness (QED) is 0.789. The number of hydrogen-bond donors (Lipinski definition) is 2. The molecule has 1 aliphatic heterocycles. The van der Waals surface area contributed by atoms with Gasteiger partial charge >= 0.3 is 0 Å². The highest BCUT2D eigenvalue weighted by Crippen LogP contribution is 2.50. The van der Waals surface area contributed by atoms with E-state index >= 15 is 0 Å². The van der Waals surface area contributed by atoms with Crippen LogP contribution in [0.5, 0.6) is 0 Å². The normalized spacial score (nSPS) is 20.2. The van der Waals surface area contributed by atoms with Gasteiger partial charge in [-0.25, -0.2) is 9.97 Å². The van der Waals surface area contributed by atoms with Crippen molar-refractivity contribution in [1.82, 2.24) is 9.97 Å². The van der Waals surface area contributed by atoms with Crippen LogP contribution in [0.25, 0.3) is 0 Å². The molecule has 146 valence electrons. The van der Waals surface area contributed by atoms with Crippen LogP contribution in [0.4, 0.5) is 5.82 Å². The molecule has 1 atom stereocenters. The number of piperidine rings is 1. The first kappa shape index (κ1) is 18.9. The van der Waals surface area contributed by atoms with Crippen molar-refractivity contribution in [3.63, 3.8) is 0 Å². The average molecular weight is 377 g/mol. The Balaban J connectivity index is 1.51. The fraction of sp³-hybridized carbons (Fsp3) is 0.478. The number of nitrogens with two attached hydrogens (primary N) is 1. The Kier molecular flexibility index (Phi) is 5.09. The number of fused-ring (bicyclic) bond motifs is 1. The second-order valence-corrected chi connectivity index (χ2v) is 8.31. The molecule has 5 nitrogen and oxygen atoms in total. The zero-order chi connectivity index (χ0) is 19.7. The van der Waals surface area contributed by atoms with Gasteiger partial charge in [0, 0.05) is 25.0 Å². The van der Waals surface area contributed by atoms with Crippen LogP contribution in [0.15, 0.2) is 30.5 Å². The standard InChI is InChI=1S/C23H28N4O/c1-16(2)7-8-18-14-25-22(20(15-28)26-18)27-11-9-23(10-12-27)13-17-5-3-4-6-19(17)21(23)24/h3-6,14,16,21,28H,9-13,15,24H2,1-2H3/t21-/m1/s1. The molecule has 1 aromatic carbocycles. The Morgan fingerprint density at radius 2 is 2.04 bits per heavy atom. The molecular formula is C23H28N4O. The highest BCUT2D eigenvalue weighted by atomic mass is 16.3. The molecule has 0 radical (unpaired) electrons.